The molecule has 1 amide bonds. The number of aliphatic hydroxyl groups is 1. The highest BCUT2D eigenvalue weighted by Gasteiger charge is 2.27. The van der Waals surface area contributed by atoms with E-state index in [1.54, 1.807) is 23.1 Å². The van der Waals surface area contributed by atoms with E-state index in [0.717, 1.165) is 4.47 Å². The zero-order valence-corrected chi connectivity index (χ0v) is 11.9. The number of nitrogens with zero attached hydrogens (tertiary/aromatic N) is 1. The Morgan fingerprint density at radius 1 is 1.56 bits per heavy atom. The molecule has 3 N–H and O–H groups in total. The Bertz CT molecular complexity index is 464. The van der Waals surface area contributed by atoms with Crippen LogP contribution >= 0.6 is 15.9 Å². The van der Waals surface area contributed by atoms with Gasteiger partial charge in [-0.25, -0.2) is 0 Å². The van der Waals surface area contributed by atoms with E-state index in [-0.39, 0.29) is 17.9 Å². The Hall–Kier alpha value is -1.07. The number of carbonyl (C=O) groups excluding carboxylic acids is 1. The van der Waals surface area contributed by atoms with Crippen LogP contribution in [0.1, 0.15) is 23.7 Å². The largest absolute Gasteiger partial charge is 0.398 e. The maximum Gasteiger partial charge on any atom is 0.253 e. The van der Waals surface area contributed by atoms with E-state index in [9.17, 15) is 9.90 Å². The lowest BCUT2D eigenvalue weighted by Gasteiger charge is -2.34. The number of aliphatic hydroxyl groups excluding tert-OH is 1. The molecule has 0 aliphatic carbocycles. The van der Waals surface area contributed by atoms with Crippen molar-refractivity contribution in [2.75, 3.05) is 18.8 Å². The van der Waals surface area contributed by atoms with Crippen LogP contribution in [0.2, 0.25) is 0 Å². The Morgan fingerprint density at radius 2 is 2.28 bits per heavy atom. The topological polar surface area (TPSA) is 66.6 Å². The molecule has 1 aliphatic heterocycles. The Kier molecular flexibility index (Phi) is 3.92. The average Bonchev–Trinajstić information content (AvgIpc) is 2.35. The van der Waals surface area contributed by atoms with Gasteiger partial charge in [0.05, 0.1) is 6.10 Å². The summed E-state index contributed by atoms with van der Waals surface area (Å²) in [7, 11) is 0. The van der Waals surface area contributed by atoms with Gasteiger partial charge in [0.25, 0.3) is 5.91 Å². The summed E-state index contributed by atoms with van der Waals surface area (Å²) in [4.78, 5) is 14.1. The number of anilines is 1. The van der Waals surface area contributed by atoms with Gasteiger partial charge in [0.15, 0.2) is 0 Å². The van der Waals surface area contributed by atoms with E-state index in [1.807, 2.05) is 6.92 Å². The summed E-state index contributed by atoms with van der Waals surface area (Å²) in [5.41, 5.74) is 6.94. The summed E-state index contributed by atoms with van der Waals surface area (Å²) in [6, 6.07) is 5.23. The first-order valence-electron chi connectivity index (χ1n) is 6.01. The quantitative estimate of drug-likeness (QED) is 0.778. The molecule has 4 nitrogen and oxygen atoms in total. The van der Waals surface area contributed by atoms with Crippen LogP contribution in [0.5, 0.6) is 0 Å². The molecule has 98 valence electrons. The number of amides is 1. The number of benzene rings is 1. The minimum atomic E-state index is -0.302. The lowest BCUT2D eigenvalue weighted by atomic mass is 9.96. The number of hydrogen-bond donors (Lipinski definition) is 2. The number of carbonyl (C=O) groups is 1. The molecule has 0 saturated carbocycles. The lowest BCUT2D eigenvalue weighted by molar-refractivity contribution is 0.0297. The predicted molar refractivity (Wildman–Crippen MR) is 74.2 cm³/mol. The summed E-state index contributed by atoms with van der Waals surface area (Å²) in [5, 5.41) is 9.66. The van der Waals surface area contributed by atoms with Crippen molar-refractivity contribution in [2.24, 2.45) is 5.92 Å². The van der Waals surface area contributed by atoms with Gasteiger partial charge in [-0.1, -0.05) is 6.92 Å². The molecule has 18 heavy (non-hydrogen) atoms. The fraction of sp³-hybridized carbons (Fsp3) is 0.462. The van der Waals surface area contributed by atoms with Crippen LogP contribution in [0.25, 0.3) is 0 Å². The number of likely N-dealkylation sites (tertiary alicyclic amines) is 1. The monoisotopic (exact) mass is 312 g/mol. The molecular formula is C13H17BrN2O2. The predicted octanol–water partition coefficient (Wildman–Crippen LogP) is 1.87. The molecule has 1 saturated heterocycles. The van der Waals surface area contributed by atoms with Crippen molar-refractivity contribution < 1.29 is 9.90 Å². The smallest absolute Gasteiger partial charge is 0.253 e. The molecule has 0 spiro atoms. The third-order valence-corrected chi connectivity index (χ3v) is 4.11. The molecule has 5 heteroatoms. The van der Waals surface area contributed by atoms with Crippen LogP contribution in [0.15, 0.2) is 22.7 Å². The van der Waals surface area contributed by atoms with Crippen molar-refractivity contribution in [1.29, 1.82) is 0 Å². The maximum absolute atomic E-state index is 12.3. The standard InChI is InChI=1S/C13H17BrN2O2/c1-8-7-16(5-4-12(8)17)13(18)9-2-3-10(14)11(15)6-9/h2-3,6,8,12,17H,4-5,7,15H2,1H3. The van der Waals surface area contributed by atoms with Crippen molar-refractivity contribution in [3.05, 3.63) is 28.2 Å². The Labute approximate surface area is 115 Å². The molecule has 1 heterocycles. The van der Waals surface area contributed by atoms with Gasteiger partial charge in [-0.3, -0.25) is 4.79 Å². The highest BCUT2D eigenvalue weighted by molar-refractivity contribution is 9.10. The SMILES string of the molecule is CC1CN(C(=O)c2ccc(Br)c(N)c2)CCC1O. The summed E-state index contributed by atoms with van der Waals surface area (Å²) in [6.45, 7) is 3.15. The van der Waals surface area contributed by atoms with Gasteiger partial charge in [-0.05, 0) is 46.5 Å². The normalized spacial score (nSPS) is 24.1. The van der Waals surface area contributed by atoms with Crippen LogP contribution in [-0.2, 0) is 0 Å². The molecule has 1 aromatic rings. The van der Waals surface area contributed by atoms with Gasteiger partial charge in [-0.15, -0.1) is 0 Å². The zero-order valence-electron chi connectivity index (χ0n) is 10.3. The highest BCUT2D eigenvalue weighted by atomic mass is 79.9. The molecular weight excluding hydrogens is 296 g/mol. The van der Waals surface area contributed by atoms with Gasteiger partial charge in [-0.2, -0.15) is 0 Å². The van der Waals surface area contributed by atoms with E-state index in [1.165, 1.54) is 0 Å². The first-order valence-corrected chi connectivity index (χ1v) is 6.80. The number of piperidine rings is 1. The van der Waals surface area contributed by atoms with Gasteiger partial charge in [0, 0.05) is 28.8 Å². The molecule has 2 unspecified atom stereocenters. The van der Waals surface area contributed by atoms with Crippen molar-refractivity contribution in [3.63, 3.8) is 0 Å². The van der Waals surface area contributed by atoms with Gasteiger partial charge >= 0.3 is 0 Å². The second-order valence-electron chi connectivity index (χ2n) is 4.82. The average molecular weight is 313 g/mol. The summed E-state index contributed by atoms with van der Waals surface area (Å²) >= 11 is 3.31. The van der Waals surface area contributed by atoms with E-state index >= 15 is 0 Å². The van der Waals surface area contributed by atoms with E-state index in [4.69, 9.17) is 5.73 Å². The van der Waals surface area contributed by atoms with Gasteiger partial charge < -0.3 is 15.7 Å². The zero-order chi connectivity index (χ0) is 13.3. The molecule has 0 bridgehead atoms. The third-order valence-electron chi connectivity index (χ3n) is 3.39. The fourth-order valence-electron chi connectivity index (χ4n) is 2.18. The molecule has 1 aromatic carbocycles. The number of nitrogen functional groups attached to an aromatic ring is 1. The molecule has 1 fully saturated rings. The third kappa shape index (κ3) is 2.67. The van der Waals surface area contributed by atoms with E-state index < -0.39 is 0 Å². The van der Waals surface area contributed by atoms with Crippen molar-refractivity contribution in [2.45, 2.75) is 19.4 Å². The molecule has 0 aromatic heterocycles. The van der Waals surface area contributed by atoms with Crippen LogP contribution in [0.4, 0.5) is 5.69 Å². The fourth-order valence-corrected chi connectivity index (χ4v) is 2.42. The molecule has 0 radical (unpaired) electrons. The first-order chi connectivity index (χ1) is 8.49. The molecule has 1 aliphatic rings. The maximum atomic E-state index is 12.3. The minimum absolute atomic E-state index is 0.0204. The Balaban J connectivity index is 2.14. The number of rotatable bonds is 1. The van der Waals surface area contributed by atoms with Crippen molar-refractivity contribution in [3.8, 4) is 0 Å². The van der Waals surface area contributed by atoms with Crippen LogP contribution in [0, 0.1) is 5.92 Å². The van der Waals surface area contributed by atoms with Crippen LogP contribution < -0.4 is 5.73 Å². The van der Waals surface area contributed by atoms with Crippen molar-refractivity contribution in [1.82, 2.24) is 4.90 Å². The van der Waals surface area contributed by atoms with E-state index in [0.29, 0.717) is 30.8 Å². The molecule has 2 atom stereocenters. The second-order valence-corrected chi connectivity index (χ2v) is 5.68. The van der Waals surface area contributed by atoms with E-state index in [2.05, 4.69) is 15.9 Å². The van der Waals surface area contributed by atoms with Gasteiger partial charge in [0.2, 0.25) is 0 Å². The first kappa shape index (κ1) is 13.4. The number of halogens is 1. The summed E-state index contributed by atoms with van der Waals surface area (Å²) in [5.74, 6) is 0.100. The van der Waals surface area contributed by atoms with Crippen LogP contribution in [-0.4, -0.2) is 35.1 Å². The summed E-state index contributed by atoms with van der Waals surface area (Å²) in [6.07, 6.45) is 0.336. The Morgan fingerprint density at radius 3 is 2.89 bits per heavy atom. The lowest BCUT2D eigenvalue weighted by Crippen LogP contribution is -2.44. The number of hydrogen-bond acceptors (Lipinski definition) is 3. The van der Waals surface area contributed by atoms with Crippen molar-refractivity contribution >= 4 is 27.5 Å². The highest BCUT2D eigenvalue weighted by Crippen LogP contribution is 2.23. The minimum Gasteiger partial charge on any atom is -0.398 e. The number of nitrogens with two attached hydrogens (primary N) is 1. The second kappa shape index (κ2) is 5.28. The van der Waals surface area contributed by atoms with Crippen LogP contribution in [0.3, 0.4) is 0 Å². The summed E-state index contributed by atoms with van der Waals surface area (Å²) < 4.78 is 0.793. The molecule has 2 rings (SSSR count). The van der Waals surface area contributed by atoms with Gasteiger partial charge in [0.1, 0.15) is 0 Å².